The van der Waals surface area contributed by atoms with Crippen molar-refractivity contribution >= 4 is 11.6 Å². The molecule has 0 atom stereocenters. The van der Waals surface area contributed by atoms with Gasteiger partial charge in [-0.15, -0.1) is 0 Å². The maximum Gasteiger partial charge on any atom is 0.313 e. The van der Waals surface area contributed by atoms with Crippen molar-refractivity contribution in [2.45, 2.75) is 0 Å². The van der Waals surface area contributed by atoms with Crippen LogP contribution in [0.5, 0.6) is 0 Å². The van der Waals surface area contributed by atoms with Gasteiger partial charge in [0.15, 0.2) is 23.1 Å². The van der Waals surface area contributed by atoms with Gasteiger partial charge < -0.3 is 5.32 Å². The third kappa shape index (κ3) is 2.25. The average Bonchev–Trinajstić information content (AvgIpc) is 2.44. The van der Waals surface area contributed by atoms with Crippen molar-refractivity contribution in [3.05, 3.63) is 45.9 Å². The van der Waals surface area contributed by atoms with Crippen molar-refractivity contribution in [3.8, 4) is 11.3 Å². The summed E-state index contributed by atoms with van der Waals surface area (Å²) in [5.41, 5.74) is -1.57. The number of hydrogen-bond donors (Lipinski definition) is 1. The van der Waals surface area contributed by atoms with Gasteiger partial charge in [0.05, 0.1) is 4.92 Å². The topological polar surface area (TPSA) is 81.0 Å². The van der Waals surface area contributed by atoms with E-state index < -0.39 is 39.3 Å². The highest BCUT2D eigenvalue weighted by Crippen LogP contribution is 2.31. The molecule has 0 fully saturated rings. The lowest BCUT2D eigenvalue weighted by molar-refractivity contribution is -0.384. The summed E-state index contributed by atoms with van der Waals surface area (Å²) in [4.78, 5) is 17.4. The summed E-state index contributed by atoms with van der Waals surface area (Å²) >= 11 is 0. The lowest BCUT2D eigenvalue weighted by atomic mass is 10.1. The van der Waals surface area contributed by atoms with Crippen LogP contribution in [-0.4, -0.2) is 21.9 Å². The Labute approximate surface area is 110 Å². The van der Waals surface area contributed by atoms with Gasteiger partial charge in [-0.3, -0.25) is 10.1 Å². The summed E-state index contributed by atoms with van der Waals surface area (Å²) in [6.07, 6.45) is 0.856. The summed E-state index contributed by atoms with van der Waals surface area (Å²) in [6.45, 7) is 0. The molecule has 1 aromatic heterocycles. The molecule has 20 heavy (non-hydrogen) atoms. The van der Waals surface area contributed by atoms with Gasteiger partial charge in [-0.1, -0.05) is 0 Å². The lowest BCUT2D eigenvalue weighted by Crippen LogP contribution is -2.03. The normalized spacial score (nSPS) is 10.4. The third-order valence-corrected chi connectivity index (χ3v) is 2.48. The Kier molecular flexibility index (Phi) is 3.51. The van der Waals surface area contributed by atoms with Crippen LogP contribution in [0.4, 0.5) is 24.8 Å². The number of nitrogens with zero attached hydrogens (tertiary/aromatic N) is 3. The fourth-order valence-corrected chi connectivity index (χ4v) is 1.54. The first-order valence-corrected chi connectivity index (χ1v) is 5.28. The highest BCUT2D eigenvalue weighted by atomic mass is 19.2. The molecule has 0 bridgehead atoms. The lowest BCUT2D eigenvalue weighted by Gasteiger charge is -2.06. The van der Waals surface area contributed by atoms with Crippen LogP contribution in [0.2, 0.25) is 0 Å². The van der Waals surface area contributed by atoms with Gasteiger partial charge in [-0.2, -0.15) is 0 Å². The smallest absolute Gasteiger partial charge is 0.313 e. The van der Waals surface area contributed by atoms with Crippen LogP contribution in [0.15, 0.2) is 18.3 Å². The minimum absolute atomic E-state index is 0.0188. The van der Waals surface area contributed by atoms with Crippen LogP contribution < -0.4 is 5.32 Å². The minimum Gasteiger partial charge on any atom is -0.357 e. The predicted molar refractivity (Wildman–Crippen MR) is 63.5 cm³/mol. The number of halogens is 3. The maximum atomic E-state index is 13.7. The molecule has 2 aromatic rings. The van der Waals surface area contributed by atoms with Gasteiger partial charge in [0.25, 0.3) is 0 Å². The molecule has 1 aromatic carbocycles. The van der Waals surface area contributed by atoms with Gasteiger partial charge in [-0.05, 0) is 12.1 Å². The highest BCUT2D eigenvalue weighted by molar-refractivity contribution is 5.70. The van der Waals surface area contributed by atoms with Crippen molar-refractivity contribution in [2.75, 3.05) is 12.4 Å². The van der Waals surface area contributed by atoms with E-state index in [9.17, 15) is 23.3 Å². The molecule has 1 N–H and O–H groups in total. The molecule has 0 saturated heterocycles. The Hall–Kier alpha value is -2.71. The number of rotatable bonds is 3. The van der Waals surface area contributed by atoms with Gasteiger partial charge in [0, 0.05) is 12.6 Å². The molecule has 0 amide bonds. The van der Waals surface area contributed by atoms with Crippen LogP contribution in [0, 0.1) is 27.6 Å². The number of hydrogen-bond acceptors (Lipinski definition) is 5. The molecule has 9 heteroatoms. The second-order valence-electron chi connectivity index (χ2n) is 3.66. The van der Waals surface area contributed by atoms with E-state index in [1.165, 1.54) is 7.05 Å². The molecule has 0 aliphatic carbocycles. The highest BCUT2D eigenvalue weighted by Gasteiger charge is 2.24. The van der Waals surface area contributed by atoms with E-state index in [1.54, 1.807) is 0 Å². The molecule has 0 spiro atoms. The summed E-state index contributed by atoms with van der Waals surface area (Å²) in [7, 11) is 1.45. The standard InChI is InChI=1S/C11H7F3N4O2/c1-15-11-16-4-7(18(19)20)10(17-11)5-2-3-6(12)9(14)8(5)13/h2-4H,1H3,(H,15,16,17). The molecule has 1 heterocycles. The summed E-state index contributed by atoms with van der Waals surface area (Å²) in [5.74, 6) is -4.68. The van der Waals surface area contributed by atoms with Crippen LogP contribution in [0.25, 0.3) is 11.3 Å². The number of anilines is 1. The Balaban J connectivity index is 2.73. The van der Waals surface area contributed by atoms with Gasteiger partial charge in [-0.25, -0.2) is 23.1 Å². The number of nitrogens with one attached hydrogen (secondary N) is 1. The zero-order valence-electron chi connectivity index (χ0n) is 10.0. The predicted octanol–water partition coefficient (Wildman–Crippen LogP) is 2.51. The average molecular weight is 284 g/mol. The van der Waals surface area contributed by atoms with Crippen molar-refractivity contribution in [1.82, 2.24) is 9.97 Å². The van der Waals surface area contributed by atoms with Crippen LogP contribution in [0.1, 0.15) is 0 Å². The van der Waals surface area contributed by atoms with E-state index in [0.29, 0.717) is 6.07 Å². The Bertz CT molecular complexity index is 694. The van der Waals surface area contributed by atoms with Crippen LogP contribution >= 0.6 is 0 Å². The molecule has 0 aliphatic heterocycles. The number of benzene rings is 1. The molecule has 0 saturated carbocycles. The Morgan fingerprint density at radius 2 is 1.95 bits per heavy atom. The maximum absolute atomic E-state index is 13.7. The summed E-state index contributed by atoms with van der Waals surface area (Å²) < 4.78 is 39.8. The second kappa shape index (κ2) is 5.11. The van der Waals surface area contributed by atoms with E-state index in [1.807, 2.05) is 0 Å². The van der Waals surface area contributed by atoms with Crippen LogP contribution in [0.3, 0.4) is 0 Å². The number of aromatic nitrogens is 2. The molecular weight excluding hydrogens is 277 g/mol. The molecule has 0 aliphatic rings. The van der Waals surface area contributed by atoms with Gasteiger partial charge >= 0.3 is 5.69 Å². The molecule has 104 valence electrons. The van der Waals surface area contributed by atoms with E-state index in [0.717, 1.165) is 12.3 Å². The quantitative estimate of drug-likeness (QED) is 0.532. The summed E-state index contributed by atoms with van der Waals surface area (Å²) in [6, 6.07) is 1.54. The van der Waals surface area contributed by atoms with Gasteiger partial charge in [0.1, 0.15) is 6.20 Å². The molecule has 0 unspecified atom stereocenters. The first-order valence-electron chi connectivity index (χ1n) is 5.28. The van der Waals surface area contributed by atoms with E-state index >= 15 is 0 Å². The Morgan fingerprint density at radius 1 is 1.25 bits per heavy atom. The van der Waals surface area contributed by atoms with Gasteiger partial charge in [0.2, 0.25) is 5.95 Å². The fraction of sp³-hybridized carbons (Fsp3) is 0.0909. The summed E-state index contributed by atoms with van der Waals surface area (Å²) in [5, 5.41) is 13.4. The van der Waals surface area contributed by atoms with Crippen molar-refractivity contribution in [2.24, 2.45) is 0 Å². The molecule has 6 nitrogen and oxygen atoms in total. The molecular formula is C11H7F3N4O2. The monoisotopic (exact) mass is 284 g/mol. The molecule has 0 radical (unpaired) electrons. The van der Waals surface area contributed by atoms with Crippen LogP contribution in [-0.2, 0) is 0 Å². The largest absolute Gasteiger partial charge is 0.357 e. The van der Waals surface area contributed by atoms with E-state index in [2.05, 4.69) is 15.3 Å². The van der Waals surface area contributed by atoms with Crippen molar-refractivity contribution in [3.63, 3.8) is 0 Å². The SMILES string of the molecule is CNc1ncc([N+](=O)[O-])c(-c2ccc(F)c(F)c2F)n1. The molecule has 2 rings (SSSR count). The first-order chi connectivity index (χ1) is 9.45. The first kappa shape index (κ1) is 13.7. The van der Waals surface area contributed by atoms with E-state index in [-0.39, 0.29) is 5.95 Å². The fourth-order valence-electron chi connectivity index (χ4n) is 1.54. The van der Waals surface area contributed by atoms with E-state index in [4.69, 9.17) is 0 Å². The number of nitro groups is 1. The zero-order chi connectivity index (χ0) is 14.9. The zero-order valence-corrected chi connectivity index (χ0v) is 10.0. The third-order valence-electron chi connectivity index (χ3n) is 2.48. The Morgan fingerprint density at radius 3 is 2.55 bits per heavy atom. The minimum atomic E-state index is -1.72. The second-order valence-corrected chi connectivity index (χ2v) is 3.66. The van der Waals surface area contributed by atoms with Crippen molar-refractivity contribution in [1.29, 1.82) is 0 Å². The van der Waals surface area contributed by atoms with Crippen molar-refractivity contribution < 1.29 is 18.1 Å².